The standard InChI is InChI=1S/C13H13NO/c14-12-7-9-3-4-10(6-11(9)8-12)13-2-1-5-15-13/h1-6,12H,7-8,14H2/t12-/m0/s1. The third-order valence-corrected chi connectivity index (χ3v) is 2.98. The molecule has 15 heavy (non-hydrogen) atoms. The van der Waals surface area contributed by atoms with Gasteiger partial charge in [-0.2, -0.15) is 0 Å². The van der Waals surface area contributed by atoms with E-state index < -0.39 is 0 Å². The zero-order valence-corrected chi connectivity index (χ0v) is 8.44. The van der Waals surface area contributed by atoms with Crippen LogP contribution in [0.1, 0.15) is 11.1 Å². The quantitative estimate of drug-likeness (QED) is 0.765. The summed E-state index contributed by atoms with van der Waals surface area (Å²) < 4.78 is 5.37. The topological polar surface area (TPSA) is 39.2 Å². The molecular formula is C13H13NO. The first-order valence-electron chi connectivity index (χ1n) is 5.24. The molecule has 2 heteroatoms. The molecule has 0 saturated heterocycles. The third-order valence-electron chi connectivity index (χ3n) is 2.98. The maximum atomic E-state index is 5.93. The Bertz CT molecular complexity index is 473. The van der Waals surface area contributed by atoms with Crippen LogP contribution in [0.25, 0.3) is 11.3 Å². The van der Waals surface area contributed by atoms with Crippen molar-refractivity contribution < 1.29 is 4.42 Å². The molecule has 0 amide bonds. The number of rotatable bonds is 1. The summed E-state index contributed by atoms with van der Waals surface area (Å²) in [7, 11) is 0. The van der Waals surface area contributed by atoms with Crippen LogP contribution in [0.3, 0.4) is 0 Å². The lowest BCUT2D eigenvalue weighted by molar-refractivity contribution is 0.582. The van der Waals surface area contributed by atoms with Gasteiger partial charge in [-0.15, -0.1) is 0 Å². The molecule has 0 unspecified atom stereocenters. The predicted molar refractivity (Wildman–Crippen MR) is 59.5 cm³/mol. The van der Waals surface area contributed by atoms with Gasteiger partial charge in [0.05, 0.1) is 6.26 Å². The molecule has 2 aromatic rings. The van der Waals surface area contributed by atoms with E-state index >= 15 is 0 Å². The molecular weight excluding hydrogens is 186 g/mol. The molecule has 1 atom stereocenters. The van der Waals surface area contributed by atoms with Gasteiger partial charge in [-0.05, 0) is 42.2 Å². The fourth-order valence-corrected chi connectivity index (χ4v) is 2.25. The zero-order chi connectivity index (χ0) is 10.3. The lowest BCUT2D eigenvalue weighted by Crippen LogP contribution is -2.18. The van der Waals surface area contributed by atoms with E-state index in [1.165, 1.54) is 11.1 Å². The molecule has 0 fully saturated rings. The Morgan fingerprint density at radius 1 is 1.13 bits per heavy atom. The van der Waals surface area contributed by atoms with Crippen molar-refractivity contribution >= 4 is 0 Å². The van der Waals surface area contributed by atoms with E-state index in [4.69, 9.17) is 10.2 Å². The van der Waals surface area contributed by atoms with Gasteiger partial charge in [-0.25, -0.2) is 0 Å². The van der Waals surface area contributed by atoms with Gasteiger partial charge in [-0.1, -0.05) is 12.1 Å². The van der Waals surface area contributed by atoms with Crippen LogP contribution in [0.2, 0.25) is 0 Å². The Morgan fingerprint density at radius 3 is 2.80 bits per heavy atom. The number of furan rings is 1. The molecule has 0 saturated carbocycles. The predicted octanol–water partition coefficient (Wildman–Crippen LogP) is 2.37. The lowest BCUT2D eigenvalue weighted by Gasteiger charge is -2.01. The van der Waals surface area contributed by atoms with E-state index in [2.05, 4.69) is 18.2 Å². The van der Waals surface area contributed by atoms with Crippen LogP contribution in [0, 0.1) is 0 Å². The molecule has 76 valence electrons. The average molecular weight is 199 g/mol. The number of nitrogens with two attached hydrogens (primary N) is 1. The Balaban J connectivity index is 2.04. The van der Waals surface area contributed by atoms with Gasteiger partial charge in [0.25, 0.3) is 0 Å². The lowest BCUT2D eigenvalue weighted by atomic mass is 10.1. The molecule has 1 aliphatic carbocycles. The summed E-state index contributed by atoms with van der Waals surface area (Å²) >= 11 is 0. The first-order valence-corrected chi connectivity index (χ1v) is 5.24. The summed E-state index contributed by atoms with van der Waals surface area (Å²) in [6.45, 7) is 0. The highest BCUT2D eigenvalue weighted by molar-refractivity contribution is 5.60. The summed E-state index contributed by atoms with van der Waals surface area (Å²) in [5.41, 5.74) is 9.84. The van der Waals surface area contributed by atoms with Crippen LogP contribution in [0.5, 0.6) is 0 Å². The monoisotopic (exact) mass is 199 g/mol. The molecule has 0 aliphatic heterocycles. The van der Waals surface area contributed by atoms with E-state index in [0.717, 1.165) is 24.2 Å². The summed E-state index contributed by atoms with van der Waals surface area (Å²) in [5.74, 6) is 0.929. The first kappa shape index (κ1) is 8.74. The molecule has 1 heterocycles. The molecule has 1 aromatic heterocycles. The number of hydrogen-bond donors (Lipinski definition) is 1. The maximum Gasteiger partial charge on any atom is 0.133 e. The largest absolute Gasteiger partial charge is 0.464 e. The smallest absolute Gasteiger partial charge is 0.133 e. The van der Waals surface area contributed by atoms with Crippen LogP contribution in [-0.4, -0.2) is 6.04 Å². The second-order valence-electron chi connectivity index (χ2n) is 4.13. The Morgan fingerprint density at radius 2 is 2.00 bits per heavy atom. The van der Waals surface area contributed by atoms with Crippen molar-refractivity contribution in [2.45, 2.75) is 18.9 Å². The number of hydrogen-bond acceptors (Lipinski definition) is 2. The van der Waals surface area contributed by atoms with Crippen molar-refractivity contribution in [3.05, 3.63) is 47.7 Å². The molecule has 1 aliphatic rings. The summed E-state index contributed by atoms with van der Waals surface area (Å²) in [5, 5.41) is 0. The fourth-order valence-electron chi connectivity index (χ4n) is 2.25. The molecule has 2 N–H and O–H groups in total. The Hall–Kier alpha value is -1.54. The molecule has 0 spiro atoms. The fraction of sp³-hybridized carbons (Fsp3) is 0.231. The zero-order valence-electron chi connectivity index (χ0n) is 8.44. The number of benzene rings is 1. The highest BCUT2D eigenvalue weighted by Gasteiger charge is 2.18. The third kappa shape index (κ3) is 1.47. The summed E-state index contributed by atoms with van der Waals surface area (Å²) in [4.78, 5) is 0. The normalized spacial score (nSPS) is 19.1. The van der Waals surface area contributed by atoms with E-state index in [9.17, 15) is 0 Å². The molecule has 2 nitrogen and oxygen atoms in total. The van der Waals surface area contributed by atoms with E-state index in [0.29, 0.717) is 6.04 Å². The maximum absolute atomic E-state index is 5.93. The average Bonchev–Trinajstić information content (AvgIpc) is 2.82. The van der Waals surface area contributed by atoms with Crippen LogP contribution in [0.15, 0.2) is 41.0 Å². The van der Waals surface area contributed by atoms with Crippen molar-refractivity contribution in [1.82, 2.24) is 0 Å². The van der Waals surface area contributed by atoms with E-state index in [1.54, 1.807) is 6.26 Å². The second kappa shape index (κ2) is 3.24. The van der Waals surface area contributed by atoms with Crippen molar-refractivity contribution in [3.8, 4) is 11.3 Å². The van der Waals surface area contributed by atoms with Gasteiger partial charge >= 0.3 is 0 Å². The second-order valence-corrected chi connectivity index (χ2v) is 4.13. The van der Waals surface area contributed by atoms with Crippen LogP contribution >= 0.6 is 0 Å². The van der Waals surface area contributed by atoms with E-state index in [-0.39, 0.29) is 0 Å². The molecule has 3 rings (SSSR count). The minimum atomic E-state index is 0.298. The van der Waals surface area contributed by atoms with Gasteiger partial charge in [0.15, 0.2) is 0 Å². The molecule has 0 bridgehead atoms. The van der Waals surface area contributed by atoms with Gasteiger partial charge in [0.1, 0.15) is 5.76 Å². The van der Waals surface area contributed by atoms with Crippen LogP contribution in [0.4, 0.5) is 0 Å². The molecule has 1 aromatic carbocycles. The van der Waals surface area contributed by atoms with Gasteiger partial charge in [0, 0.05) is 11.6 Å². The minimum Gasteiger partial charge on any atom is -0.464 e. The van der Waals surface area contributed by atoms with Crippen molar-refractivity contribution in [2.24, 2.45) is 5.73 Å². The number of fused-ring (bicyclic) bond motifs is 1. The SMILES string of the molecule is N[C@H]1Cc2ccc(-c3ccco3)cc2C1. The van der Waals surface area contributed by atoms with Gasteiger partial charge < -0.3 is 10.2 Å². The van der Waals surface area contributed by atoms with E-state index in [1.807, 2.05) is 12.1 Å². The van der Waals surface area contributed by atoms with Crippen LogP contribution < -0.4 is 5.73 Å². The van der Waals surface area contributed by atoms with Crippen molar-refractivity contribution in [1.29, 1.82) is 0 Å². The Labute approximate surface area is 88.7 Å². The molecule has 0 radical (unpaired) electrons. The highest BCUT2D eigenvalue weighted by Crippen LogP contribution is 2.27. The first-order chi connectivity index (χ1) is 7.33. The van der Waals surface area contributed by atoms with Gasteiger partial charge in [-0.3, -0.25) is 0 Å². The summed E-state index contributed by atoms with van der Waals surface area (Å²) in [6, 6.07) is 10.7. The van der Waals surface area contributed by atoms with Crippen LogP contribution in [-0.2, 0) is 12.8 Å². The minimum absolute atomic E-state index is 0.298. The van der Waals surface area contributed by atoms with Gasteiger partial charge in [0.2, 0.25) is 0 Å². The Kier molecular flexibility index (Phi) is 1.89. The summed E-state index contributed by atoms with van der Waals surface area (Å²) in [6.07, 6.45) is 3.70. The van der Waals surface area contributed by atoms with Crippen molar-refractivity contribution in [2.75, 3.05) is 0 Å². The highest BCUT2D eigenvalue weighted by atomic mass is 16.3. The van der Waals surface area contributed by atoms with Crippen molar-refractivity contribution in [3.63, 3.8) is 0 Å².